The molecule has 1 N–H and O–H groups in total. The first-order chi connectivity index (χ1) is 5.83. The third kappa shape index (κ3) is 3.81. The van der Waals surface area contributed by atoms with E-state index in [1.165, 1.54) is 38.8 Å². The Morgan fingerprint density at radius 1 is 1.50 bits per heavy atom. The molecule has 0 aromatic carbocycles. The van der Waals surface area contributed by atoms with Crippen molar-refractivity contribution in [3.8, 4) is 0 Å². The van der Waals surface area contributed by atoms with Gasteiger partial charge in [-0.25, -0.2) is 0 Å². The van der Waals surface area contributed by atoms with Gasteiger partial charge in [-0.3, -0.25) is 0 Å². The zero-order chi connectivity index (χ0) is 8.81. The average molecular weight is 187 g/mol. The first-order valence-electron chi connectivity index (χ1n) is 5.06. The minimum absolute atomic E-state index is 0.818. The van der Waals surface area contributed by atoms with E-state index in [9.17, 15) is 0 Å². The lowest BCUT2D eigenvalue weighted by Crippen LogP contribution is -2.28. The van der Waals surface area contributed by atoms with Gasteiger partial charge in [-0.2, -0.15) is 11.8 Å². The van der Waals surface area contributed by atoms with Crippen molar-refractivity contribution in [2.45, 2.75) is 37.9 Å². The molecule has 1 nitrogen and oxygen atoms in total. The highest BCUT2D eigenvalue weighted by atomic mass is 32.2. The molecule has 1 saturated carbocycles. The van der Waals surface area contributed by atoms with Gasteiger partial charge in [0.1, 0.15) is 0 Å². The Balaban J connectivity index is 1.82. The van der Waals surface area contributed by atoms with Crippen molar-refractivity contribution >= 4 is 11.8 Å². The van der Waals surface area contributed by atoms with Crippen molar-refractivity contribution in [1.82, 2.24) is 5.32 Å². The van der Waals surface area contributed by atoms with Gasteiger partial charge in [0.15, 0.2) is 0 Å². The van der Waals surface area contributed by atoms with Crippen LogP contribution in [0.2, 0.25) is 0 Å². The third-order valence-corrected chi connectivity index (χ3v) is 3.83. The van der Waals surface area contributed by atoms with Gasteiger partial charge in [-0.1, -0.05) is 13.3 Å². The maximum Gasteiger partial charge on any atom is 0.00280 e. The first-order valence-corrected chi connectivity index (χ1v) is 6.35. The summed E-state index contributed by atoms with van der Waals surface area (Å²) in [6.45, 7) is 4.77. The molecule has 0 aliphatic heterocycles. The molecule has 1 rings (SSSR count). The molecule has 1 fully saturated rings. The molecule has 0 aromatic heterocycles. The van der Waals surface area contributed by atoms with Crippen LogP contribution in [0.25, 0.3) is 0 Å². The van der Waals surface area contributed by atoms with Crippen molar-refractivity contribution in [3.05, 3.63) is 0 Å². The summed E-state index contributed by atoms with van der Waals surface area (Å²) < 4.78 is 0. The van der Waals surface area contributed by atoms with Crippen LogP contribution in [0.15, 0.2) is 0 Å². The number of hydrogen-bond acceptors (Lipinski definition) is 2. The van der Waals surface area contributed by atoms with Crippen molar-refractivity contribution in [1.29, 1.82) is 0 Å². The van der Waals surface area contributed by atoms with Gasteiger partial charge in [-0.05, 0) is 44.5 Å². The van der Waals surface area contributed by atoms with Crippen molar-refractivity contribution in [3.63, 3.8) is 0 Å². The number of rotatable bonds is 6. The molecule has 1 unspecified atom stereocenters. The summed E-state index contributed by atoms with van der Waals surface area (Å²) >= 11 is 1.96. The lowest BCUT2D eigenvalue weighted by molar-refractivity contribution is 0.302. The van der Waals surface area contributed by atoms with Crippen LogP contribution in [0.3, 0.4) is 0 Å². The molecule has 2 heteroatoms. The number of nitrogens with one attached hydrogen (secondary N) is 1. The molecule has 12 heavy (non-hydrogen) atoms. The van der Waals surface area contributed by atoms with Crippen LogP contribution in [-0.2, 0) is 0 Å². The quantitative estimate of drug-likeness (QED) is 0.641. The topological polar surface area (TPSA) is 12.0 Å². The second-order valence-electron chi connectivity index (χ2n) is 3.84. The van der Waals surface area contributed by atoms with Crippen LogP contribution in [-0.4, -0.2) is 24.6 Å². The van der Waals surface area contributed by atoms with E-state index in [1.54, 1.807) is 0 Å². The maximum atomic E-state index is 3.54. The van der Waals surface area contributed by atoms with Crippen LogP contribution < -0.4 is 5.32 Å². The molecular formula is C10H21NS. The SMILES string of the molecule is CSC(C)CCNCC1CCC1. The summed E-state index contributed by atoms with van der Waals surface area (Å²) in [5, 5.41) is 4.36. The van der Waals surface area contributed by atoms with Gasteiger partial charge >= 0.3 is 0 Å². The average Bonchev–Trinajstić information content (AvgIpc) is 2.00. The zero-order valence-corrected chi connectivity index (χ0v) is 9.12. The van der Waals surface area contributed by atoms with Gasteiger partial charge in [0.05, 0.1) is 0 Å². The van der Waals surface area contributed by atoms with E-state index in [4.69, 9.17) is 0 Å². The maximum absolute atomic E-state index is 3.54. The van der Waals surface area contributed by atoms with E-state index >= 15 is 0 Å². The molecule has 0 bridgehead atoms. The Kier molecular flexibility index (Phi) is 5.08. The summed E-state index contributed by atoms with van der Waals surface area (Å²) in [5.74, 6) is 1.01. The highest BCUT2D eigenvalue weighted by molar-refractivity contribution is 7.99. The molecule has 1 aliphatic rings. The standard InChI is InChI=1S/C10H21NS/c1-9(12-2)6-7-11-8-10-4-3-5-10/h9-11H,3-8H2,1-2H3. The lowest BCUT2D eigenvalue weighted by Gasteiger charge is -2.25. The van der Waals surface area contributed by atoms with E-state index in [2.05, 4.69) is 18.5 Å². The Morgan fingerprint density at radius 2 is 2.25 bits per heavy atom. The highest BCUT2D eigenvalue weighted by Crippen LogP contribution is 2.25. The van der Waals surface area contributed by atoms with Crippen LogP contribution in [0.4, 0.5) is 0 Å². The van der Waals surface area contributed by atoms with Crippen LogP contribution >= 0.6 is 11.8 Å². The second kappa shape index (κ2) is 5.87. The second-order valence-corrected chi connectivity index (χ2v) is 5.11. The van der Waals surface area contributed by atoms with E-state index < -0.39 is 0 Å². The minimum Gasteiger partial charge on any atom is -0.316 e. The minimum atomic E-state index is 0.818. The van der Waals surface area contributed by atoms with Crippen molar-refractivity contribution < 1.29 is 0 Å². The Bertz CT molecular complexity index is 106. The summed E-state index contributed by atoms with van der Waals surface area (Å²) in [4.78, 5) is 0. The monoisotopic (exact) mass is 187 g/mol. The Hall–Kier alpha value is 0.310. The number of thioether (sulfide) groups is 1. The summed E-state index contributed by atoms with van der Waals surface area (Å²) in [7, 11) is 0. The van der Waals surface area contributed by atoms with E-state index in [1.807, 2.05) is 11.8 Å². The summed E-state index contributed by atoms with van der Waals surface area (Å²) in [5.41, 5.74) is 0. The van der Waals surface area contributed by atoms with Crippen molar-refractivity contribution in [2.75, 3.05) is 19.3 Å². The van der Waals surface area contributed by atoms with Gasteiger partial charge in [0, 0.05) is 5.25 Å². The predicted octanol–water partition coefficient (Wildman–Crippen LogP) is 2.52. The molecule has 72 valence electrons. The van der Waals surface area contributed by atoms with Crippen LogP contribution in [0, 0.1) is 5.92 Å². The van der Waals surface area contributed by atoms with E-state index in [0.29, 0.717) is 0 Å². The molecule has 0 spiro atoms. The highest BCUT2D eigenvalue weighted by Gasteiger charge is 2.16. The molecule has 0 heterocycles. The zero-order valence-electron chi connectivity index (χ0n) is 8.31. The Labute approximate surface area is 80.7 Å². The fraction of sp³-hybridized carbons (Fsp3) is 1.00. The van der Waals surface area contributed by atoms with Gasteiger partial charge < -0.3 is 5.32 Å². The lowest BCUT2D eigenvalue weighted by atomic mass is 9.85. The summed E-state index contributed by atoms with van der Waals surface area (Å²) in [6, 6.07) is 0. The smallest absolute Gasteiger partial charge is 0.00280 e. The third-order valence-electron chi connectivity index (χ3n) is 2.79. The largest absolute Gasteiger partial charge is 0.316 e. The Morgan fingerprint density at radius 3 is 2.75 bits per heavy atom. The first kappa shape index (κ1) is 10.4. The fourth-order valence-electron chi connectivity index (χ4n) is 1.43. The van der Waals surface area contributed by atoms with E-state index in [0.717, 1.165) is 11.2 Å². The fourth-order valence-corrected chi connectivity index (χ4v) is 1.78. The molecule has 0 saturated heterocycles. The van der Waals surface area contributed by atoms with Gasteiger partial charge in [0.2, 0.25) is 0 Å². The molecule has 1 aliphatic carbocycles. The normalized spacial score (nSPS) is 20.5. The molecule has 0 amide bonds. The van der Waals surface area contributed by atoms with Crippen LogP contribution in [0.1, 0.15) is 32.6 Å². The predicted molar refractivity (Wildman–Crippen MR) is 57.8 cm³/mol. The molecule has 1 atom stereocenters. The molecular weight excluding hydrogens is 166 g/mol. The molecule has 0 aromatic rings. The summed E-state index contributed by atoms with van der Waals surface area (Å²) in [6.07, 6.45) is 7.90. The van der Waals surface area contributed by atoms with Gasteiger partial charge in [-0.15, -0.1) is 0 Å². The van der Waals surface area contributed by atoms with E-state index in [-0.39, 0.29) is 0 Å². The van der Waals surface area contributed by atoms with Gasteiger partial charge in [0.25, 0.3) is 0 Å². The van der Waals surface area contributed by atoms with Crippen LogP contribution in [0.5, 0.6) is 0 Å². The molecule has 0 radical (unpaired) electrons. The number of hydrogen-bond donors (Lipinski definition) is 1. The van der Waals surface area contributed by atoms with Crippen molar-refractivity contribution in [2.24, 2.45) is 5.92 Å².